The third-order valence-electron chi connectivity index (χ3n) is 7.46. The Bertz CT molecular complexity index is 970. The molecule has 4 heteroatoms. The molecule has 4 nitrogen and oxygen atoms in total. The van der Waals surface area contributed by atoms with Crippen LogP contribution in [0.15, 0.2) is 72.3 Å². The summed E-state index contributed by atoms with van der Waals surface area (Å²) in [5.41, 5.74) is 1.99. The molecule has 1 spiro atoms. The van der Waals surface area contributed by atoms with Crippen molar-refractivity contribution in [3.05, 3.63) is 83.4 Å². The van der Waals surface area contributed by atoms with Crippen LogP contribution in [0, 0.1) is 16.2 Å². The van der Waals surface area contributed by atoms with Crippen LogP contribution in [0.25, 0.3) is 0 Å². The lowest BCUT2D eigenvalue weighted by Crippen LogP contribution is -2.41. The lowest BCUT2D eigenvalue weighted by Gasteiger charge is -2.28. The summed E-state index contributed by atoms with van der Waals surface area (Å²) in [4.78, 5) is 26.9. The van der Waals surface area contributed by atoms with Crippen molar-refractivity contribution in [2.24, 2.45) is 16.2 Å². The Morgan fingerprint density at radius 1 is 0.806 bits per heavy atom. The number of allylic oxidation sites excluding steroid dienone is 2. The highest BCUT2D eigenvalue weighted by Crippen LogP contribution is 2.70. The molecular weight excluding hydrogens is 388 g/mol. The van der Waals surface area contributed by atoms with E-state index >= 15 is 0 Å². The van der Waals surface area contributed by atoms with Crippen molar-refractivity contribution < 1.29 is 19.1 Å². The number of carbonyl (C=O) groups is 2. The highest BCUT2D eigenvalue weighted by Gasteiger charge is 2.66. The van der Waals surface area contributed by atoms with Gasteiger partial charge in [-0.2, -0.15) is 0 Å². The van der Waals surface area contributed by atoms with Gasteiger partial charge in [0.15, 0.2) is 5.41 Å². The lowest BCUT2D eigenvalue weighted by molar-refractivity contribution is -0.174. The molecule has 0 N–H and O–H groups in total. The topological polar surface area (TPSA) is 52.6 Å². The molecule has 0 amide bonds. The first-order valence-corrected chi connectivity index (χ1v) is 11.1. The van der Waals surface area contributed by atoms with E-state index in [9.17, 15) is 9.59 Å². The monoisotopic (exact) mass is 416 g/mol. The van der Waals surface area contributed by atoms with Crippen LogP contribution in [0.5, 0.6) is 0 Å². The fraction of sp³-hybridized carbons (Fsp3) is 0.407. The van der Waals surface area contributed by atoms with Crippen molar-refractivity contribution in [1.82, 2.24) is 0 Å². The molecule has 2 saturated carbocycles. The molecule has 5 rings (SSSR count). The first-order chi connectivity index (χ1) is 14.9. The van der Waals surface area contributed by atoms with Crippen molar-refractivity contribution >= 4 is 11.9 Å². The van der Waals surface area contributed by atoms with Gasteiger partial charge in [-0.1, -0.05) is 79.2 Å². The number of ether oxygens (including phenoxy) is 2. The molecular formula is C27H28O4. The fourth-order valence-electron chi connectivity index (χ4n) is 6.01. The van der Waals surface area contributed by atoms with Gasteiger partial charge in [-0.15, -0.1) is 0 Å². The number of rotatable bonds is 6. The minimum atomic E-state index is -1.25. The van der Waals surface area contributed by atoms with Crippen LogP contribution < -0.4 is 0 Å². The Hall–Kier alpha value is -2.88. The second-order valence-electron chi connectivity index (χ2n) is 9.84. The summed E-state index contributed by atoms with van der Waals surface area (Å²) in [5, 5.41) is 0. The van der Waals surface area contributed by atoms with Gasteiger partial charge in [0.25, 0.3) is 0 Å². The number of carbonyl (C=O) groups excluding carboxylic acids is 2. The van der Waals surface area contributed by atoms with E-state index in [1.807, 2.05) is 60.7 Å². The van der Waals surface area contributed by atoms with Crippen LogP contribution in [0.2, 0.25) is 0 Å². The molecule has 2 unspecified atom stereocenters. The lowest BCUT2D eigenvalue weighted by atomic mass is 9.78. The maximum Gasteiger partial charge on any atom is 0.324 e. The Balaban J connectivity index is 1.39. The molecule has 2 atom stereocenters. The summed E-state index contributed by atoms with van der Waals surface area (Å²) in [6.45, 7) is 2.62. The van der Waals surface area contributed by atoms with Gasteiger partial charge in [-0.3, -0.25) is 9.59 Å². The van der Waals surface area contributed by atoms with E-state index in [0.29, 0.717) is 12.8 Å². The van der Waals surface area contributed by atoms with Gasteiger partial charge < -0.3 is 9.47 Å². The average molecular weight is 417 g/mol. The van der Waals surface area contributed by atoms with Gasteiger partial charge in [-0.25, -0.2) is 0 Å². The van der Waals surface area contributed by atoms with Crippen LogP contribution in [-0.2, 0) is 32.3 Å². The predicted octanol–water partition coefficient (Wildman–Crippen LogP) is 5.37. The predicted molar refractivity (Wildman–Crippen MR) is 117 cm³/mol. The molecule has 0 saturated heterocycles. The van der Waals surface area contributed by atoms with Crippen LogP contribution in [0.3, 0.4) is 0 Å². The molecule has 0 aromatic heterocycles. The summed E-state index contributed by atoms with van der Waals surface area (Å²) < 4.78 is 11.4. The molecule has 2 bridgehead atoms. The van der Waals surface area contributed by atoms with Gasteiger partial charge in [-0.05, 0) is 54.1 Å². The highest BCUT2D eigenvalue weighted by atomic mass is 16.6. The van der Waals surface area contributed by atoms with E-state index in [2.05, 4.69) is 13.0 Å². The van der Waals surface area contributed by atoms with E-state index < -0.39 is 17.4 Å². The van der Waals surface area contributed by atoms with Gasteiger partial charge in [0.1, 0.15) is 13.2 Å². The maximum absolute atomic E-state index is 13.4. The zero-order chi connectivity index (χ0) is 21.5. The molecule has 2 fully saturated rings. The fourth-order valence-corrected chi connectivity index (χ4v) is 6.01. The van der Waals surface area contributed by atoms with Crippen molar-refractivity contribution in [2.45, 2.75) is 52.2 Å². The summed E-state index contributed by atoms with van der Waals surface area (Å²) in [6.07, 6.45) is 6.43. The quantitative estimate of drug-likeness (QED) is 0.361. The second-order valence-corrected chi connectivity index (χ2v) is 9.84. The van der Waals surface area contributed by atoms with Crippen LogP contribution in [0.1, 0.15) is 50.2 Å². The van der Waals surface area contributed by atoms with Crippen molar-refractivity contribution in [1.29, 1.82) is 0 Å². The third-order valence-corrected chi connectivity index (χ3v) is 7.46. The zero-order valence-corrected chi connectivity index (χ0v) is 17.9. The summed E-state index contributed by atoms with van der Waals surface area (Å²) in [7, 11) is 0. The number of fused-ring (bicyclic) bond motifs is 1. The van der Waals surface area contributed by atoms with Crippen LogP contribution >= 0.6 is 0 Å². The molecule has 0 heterocycles. The number of benzene rings is 2. The standard InChI is InChI=1S/C27H28O4/c1-25-12-13-26(18-25)19-27(15-22(26)14-25,23(28)30-16-20-8-4-2-5-9-20)24(29)31-17-21-10-6-3-7-11-21/h2-11,14H,12-13,15-19H2,1H3. The van der Waals surface area contributed by atoms with Crippen molar-refractivity contribution in [2.75, 3.05) is 0 Å². The average Bonchev–Trinajstić information content (AvgIpc) is 3.38. The van der Waals surface area contributed by atoms with Crippen LogP contribution in [0.4, 0.5) is 0 Å². The Morgan fingerprint density at radius 2 is 1.35 bits per heavy atom. The van der Waals surface area contributed by atoms with Gasteiger partial charge in [0.05, 0.1) is 0 Å². The van der Waals surface area contributed by atoms with E-state index in [0.717, 1.165) is 30.4 Å². The van der Waals surface area contributed by atoms with Crippen molar-refractivity contribution in [3.8, 4) is 0 Å². The normalized spacial score (nSPS) is 27.5. The van der Waals surface area contributed by atoms with Gasteiger partial charge in [0, 0.05) is 0 Å². The highest BCUT2D eigenvalue weighted by molar-refractivity contribution is 6.01. The van der Waals surface area contributed by atoms with E-state index in [4.69, 9.17) is 9.47 Å². The third kappa shape index (κ3) is 3.48. The molecule has 2 aromatic rings. The Kier molecular flexibility index (Phi) is 4.76. The molecule has 31 heavy (non-hydrogen) atoms. The number of hydrogen-bond acceptors (Lipinski definition) is 4. The first kappa shape index (κ1) is 20.0. The summed E-state index contributed by atoms with van der Waals surface area (Å²) in [6, 6.07) is 19.2. The summed E-state index contributed by atoms with van der Waals surface area (Å²) >= 11 is 0. The number of hydrogen-bond donors (Lipinski definition) is 0. The van der Waals surface area contributed by atoms with E-state index in [1.54, 1.807) is 0 Å². The maximum atomic E-state index is 13.4. The minimum absolute atomic E-state index is 0.0493. The SMILES string of the molecule is CC12C=C3CC(C(=O)OCc4ccccc4)(C(=O)OCc4ccccc4)CC3(CC1)C2. The van der Waals surface area contributed by atoms with E-state index in [1.165, 1.54) is 5.57 Å². The first-order valence-electron chi connectivity index (χ1n) is 11.1. The minimum Gasteiger partial charge on any atom is -0.460 e. The summed E-state index contributed by atoms with van der Waals surface area (Å²) in [5.74, 6) is -0.902. The smallest absolute Gasteiger partial charge is 0.324 e. The largest absolute Gasteiger partial charge is 0.460 e. The molecule has 160 valence electrons. The zero-order valence-electron chi connectivity index (χ0n) is 17.9. The van der Waals surface area contributed by atoms with Gasteiger partial charge >= 0.3 is 11.9 Å². The second kappa shape index (κ2) is 7.37. The Morgan fingerprint density at radius 3 is 1.84 bits per heavy atom. The van der Waals surface area contributed by atoms with E-state index in [-0.39, 0.29) is 24.0 Å². The molecule has 0 aliphatic heterocycles. The van der Waals surface area contributed by atoms with Crippen LogP contribution in [-0.4, -0.2) is 11.9 Å². The molecule has 2 aromatic carbocycles. The van der Waals surface area contributed by atoms with Gasteiger partial charge in [0.2, 0.25) is 0 Å². The Labute approximate surface area is 183 Å². The van der Waals surface area contributed by atoms with Crippen molar-refractivity contribution in [3.63, 3.8) is 0 Å². The number of esters is 2. The molecule has 3 aliphatic rings. The molecule has 0 radical (unpaired) electrons. The molecule has 3 aliphatic carbocycles.